The number of rotatable bonds is 4. The summed E-state index contributed by atoms with van der Waals surface area (Å²) in [5, 5.41) is 16.4. The lowest BCUT2D eigenvalue weighted by atomic mass is 10.0. The second-order valence-electron chi connectivity index (χ2n) is 6.08. The number of carbonyl (C=O) groups excluding carboxylic acids is 1. The first-order valence-corrected chi connectivity index (χ1v) is 8.23. The van der Waals surface area contributed by atoms with Crippen molar-refractivity contribution in [2.45, 2.75) is 6.10 Å². The Bertz CT molecular complexity index is 1050. The van der Waals surface area contributed by atoms with E-state index in [2.05, 4.69) is 10.3 Å². The average molecular weight is 330 g/mol. The summed E-state index contributed by atoms with van der Waals surface area (Å²) >= 11 is 0. The number of para-hydroxylation sites is 1. The van der Waals surface area contributed by atoms with E-state index in [9.17, 15) is 9.90 Å². The highest BCUT2D eigenvalue weighted by atomic mass is 16.3. The van der Waals surface area contributed by atoms with Crippen molar-refractivity contribution < 1.29 is 9.90 Å². The van der Waals surface area contributed by atoms with Crippen LogP contribution in [0.5, 0.6) is 0 Å². The van der Waals surface area contributed by atoms with Crippen molar-refractivity contribution in [1.29, 1.82) is 0 Å². The van der Waals surface area contributed by atoms with E-state index in [-0.39, 0.29) is 12.5 Å². The molecule has 1 unspecified atom stereocenters. The van der Waals surface area contributed by atoms with Gasteiger partial charge in [-0.3, -0.25) is 4.79 Å². The van der Waals surface area contributed by atoms with E-state index < -0.39 is 6.10 Å². The zero-order chi connectivity index (χ0) is 17.2. The van der Waals surface area contributed by atoms with Crippen LogP contribution in [0.4, 0.5) is 0 Å². The minimum Gasteiger partial charge on any atom is -0.387 e. The molecule has 0 bridgehead atoms. The summed E-state index contributed by atoms with van der Waals surface area (Å²) in [7, 11) is 0. The first-order chi connectivity index (χ1) is 12.2. The van der Waals surface area contributed by atoms with Crippen molar-refractivity contribution in [1.82, 2.24) is 10.3 Å². The van der Waals surface area contributed by atoms with Crippen LogP contribution < -0.4 is 5.32 Å². The standard InChI is InChI=1S/C21H18N2O2/c24-19(17-9-8-14-4-1-2-5-16(14)12-17)13-23-21(25)18-7-3-6-15-10-11-22-20(15)18/h1-12,19,22,24H,13H2,(H,23,25). The third kappa shape index (κ3) is 2.99. The molecule has 0 aliphatic heterocycles. The number of aromatic amines is 1. The number of nitrogens with one attached hydrogen (secondary N) is 2. The van der Waals surface area contributed by atoms with Crippen molar-refractivity contribution in [2.24, 2.45) is 0 Å². The second-order valence-corrected chi connectivity index (χ2v) is 6.08. The van der Waals surface area contributed by atoms with Gasteiger partial charge in [0.25, 0.3) is 5.91 Å². The van der Waals surface area contributed by atoms with E-state index in [4.69, 9.17) is 0 Å². The smallest absolute Gasteiger partial charge is 0.253 e. The Kier molecular flexibility index (Phi) is 3.96. The number of amides is 1. The summed E-state index contributed by atoms with van der Waals surface area (Å²) in [5.41, 5.74) is 2.17. The maximum absolute atomic E-state index is 12.5. The number of carbonyl (C=O) groups is 1. The van der Waals surface area contributed by atoms with Crippen molar-refractivity contribution in [3.05, 3.63) is 84.1 Å². The summed E-state index contributed by atoms with van der Waals surface area (Å²) in [6.07, 6.45) is 1.06. The molecular weight excluding hydrogens is 312 g/mol. The van der Waals surface area contributed by atoms with E-state index in [0.29, 0.717) is 5.56 Å². The zero-order valence-electron chi connectivity index (χ0n) is 13.6. The van der Waals surface area contributed by atoms with Crippen LogP contribution in [-0.2, 0) is 0 Å². The predicted molar refractivity (Wildman–Crippen MR) is 99.5 cm³/mol. The molecule has 1 atom stereocenters. The molecule has 1 heterocycles. The lowest BCUT2D eigenvalue weighted by Gasteiger charge is -2.13. The third-order valence-corrected chi connectivity index (χ3v) is 4.45. The van der Waals surface area contributed by atoms with Gasteiger partial charge in [0.1, 0.15) is 0 Å². The van der Waals surface area contributed by atoms with E-state index in [1.807, 2.05) is 66.9 Å². The molecule has 0 aliphatic rings. The topological polar surface area (TPSA) is 65.1 Å². The SMILES string of the molecule is O=C(NCC(O)c1ccc2ccccc2c1)c1cccc2cc[nH]c12. The molecule has 0 saturated carbocycles. The van der Waals surface area contributed by atoms with Gasteiger partial charge in [0.15, 0.2) is 0 Å². The average Bonchev–Trinajstić information content (AvgIpc) is 3.14. The fraction of sp³-hybridized carbons (Fsp3) is 0.0952. The predicted octanol–water partition coefficient (Wildman–Crippen LogP) is 3.78. The maximum atomic E-state index is 12.5. The van der Waals surface area contributed by atoms with Crippen LogP contribution in [0.1, 0.15) is 22.0 Å². The van der Waals surface area contributed by atoms with Gasteiger partial charge in [-0.1, -0.05) is 48.5 Å². The molecule has 4 heteroatoms. The number of aliphatic hydroxyl groups is 1. The first-order valence-electron chi connectivity index (χ1n) is 8.23. The number of aliphatic hydroxyl groups excluding tert-OH is 1. The summed E-state index contributed by atoms with van der Waals surface area (Å²) < 4.78 is 0. The summed E-state index contributed by atoms with van der Waals surface area (Å²) in [5.74, 6) is -0.201. The van der Waals surface area contributed by atoms with Gasteiger partial charge in [0.2, 0.25) is 0 Å². The summed E-state index contributed by atoms with van der Waals surface area (Å²) in [6, 6.07) is 21.3. The quantitative estimate of drug-likeness (QED) is 0.533. The summed E-state index contributed by atoms with van der Waals surface area (Å²) in [6.45, 7) is 0.161. The molecule has 1 amide bonds. The molecule has 4 nitrogen and oxygen atoms in total. The zero-order valence-corrected chi connectivity index (χ0v) is 13.6. The molecular formula is C21H18N2O2. The summed E-state index contributed by atoms with van der Waals surface area (Å²) in [4.78, 5) is 15.5. The lowest BCUT2D eigenvalue weighted by Crippen LogP contribution is -2.28. The molecule has 0 fully saturated rings. The van der Waals surface area contributed by atoms with Gasteiger partial charge in [0, 0.05) is 18.1 Å². The Balaban J connectivity index is 1.50. The molecule has 4 rings (SSSR count). The van der Waals surface area contributed by atoms with E-state index in [0.717, 1.165) is 27.2 Å². The largest absolute Gasteiger partial charge is 0.387 e. The number of hydrogen-bond donors (Lipinski definition) is 3. The van der Waals surface area contributed by atoms with Crippen molar-refractivity contribution in [3.63, 3.8) is 0 Å². The maximum Gasteiger partial charge on any atom is 0.253 e. The molecule has 3 N–H and O–H groups in total. The second kappa shape index (κ2) is 6.42. The van der Waals surface area contributed by atoms with Gasteiger partial charge in [-0.15, -0.1) is 0 Å². The molecule has 4 aromatic rings. The van der Waals surface area contributed by atoms with Crippen LogP contribution >= 0.6 is 0 Å². The van der Waals surface area contributed by atoms with E-state index >= 15 is 0 Å². The highest BCUT2D eigenvalue weighted by Gasteiger charge is 2.14. The normalized spacial score (nSPS) is 12.4. The van der Waals surface area contributed by atoms with Crippen LogP contribution in [0.2, 0.25) is 0 Å². The van der Waals surface area contributed by atoms with Gasteiger partial charge in [0.05, 0.1) is 17.2 Å². The van der Waals surface area contributed by atoms with Crippen LogP contribution in [0.15, 0.2) is 72.9 Å². The molecule has 0 spiro atoms. The van der Waals surface area contributed by atoms with Crippen LogP contribution in [0.3, 0.4) is 0 Å². The molecule has 1 aromatic heterocycles. The van der Waals surface area contributed by atoms with E-state index in [1.165, 1.54) is 0 Å². The van der Waals surface area contributed by atoms with Crippen LogP contribution in [0.25, 0.3) is 21.7 Å². The van der Waals surface area contributed by atoms with Crippen molar-refractivity contribution in [2.75, 3.05) is 6.54 Å². The third-order valence-electron chi connectivity index (χ3n) is 4.45. The molecule has 0 radical (unpaired) electrons. The highest BCUT2D eigenvalue weighted by Crippen LogP contribution is 2.21. The Hall–Kier alpha value is -3.11. The lowest BCUT2D eigenvalue weighted by molar-refractivity contribution is 0.0918. The molecule has 0 saturated heterocycles. The van der Waals surface area contributed by atoms with Gasteiger partial charge in [-0.05, 0) is 34.5 Å². The van der Waals surface area contributed by atoms with Crippen molar-refractivity contribution in [3.8, 4) is 0 Å². The number of aromatic nitrogens is 1. The fourth-order valence-corrected chi connectivity index (χ4v) is 3.09. The number of H-pyrrole nitrogens is 1. The minimum atomic E-state index is -0.753. The van der Waals surface area contributed by atoms with Gasteiger partial charge >= 0.3 is 0 Å². The monoisotopic (exact) mass is 330 g/mol. The molecule has 0 aliphatic carbocycles. The number of benzene rings is 3. The van der Waals surface area contributed by atoms with E-state index in [1.54, 1.807) is 6.07 Å². The Labute approximate surface area is 145 Å². The van der Waals surface area contributed by atoms with Gasteiger partial charge < -0.3 is 15.4 Å². The Morgan fingerprint density at radius 1 is 0.960 bits per heavy atom. The van der Waals surface area contributed by atoms with Crippen LogP contribution in [0, 0.1) is 0 Å². The van der Waals surface area contributed by atoms with Crippen LogP contribution in [-0.4, -0.2) is 22.5 Å². The minimum absolute atomic E-state index is 0.161. The first kappa shape index (κ1) is 15.4. The number of hydrogen-bond acceptors (Lipinski definition) is 2. The molecule has 3 aromatic carbocycles. The van der Waals surface area contributed by atoms with Gasteiger partial charge in [-0.25, -0.2) is 0 Å². The fourth-order valence-electron chi connectivity index (χ4n) is 3.09. The van der Waals surface area contributed by atoms with Gasteiger partial charge in [-0.2, -0.15) is 0 Å². The molecule has 25 heavy (non-hydrogen) atoms. The Morgan fingerprint density at radius 2 is 1.76 bits per heavy atom. The molecule has 124 valence electrons. The number of fused-ring (bicyclic) bond motifs is 2. The van der Waals surface area contributed by atoms with Crippen molar-refractivity contribution >= 4 is 27.6 Å². The highest BCUT2D eigenvalue weighted by molar-refractivity contribution is 6.05. The Morgan fingerprint density at radius 3 is 2.64 bits per heavy atom.